The first-order valence-corrected chi connectivity index (χ1v) is 12.7. The summed E-state index contributed by atoms with van der Waals surface area (Å²) in [6.45, 7) is 2.79. The van der Waals surface area contributed by atoms with Gasteiger partial charge in [-0.25, -0.2) is 4.98 Å². The summed E-state index contributed by atoms with van der Waals surface area (Å²) in [5, 5.41) is 3.01. The van der Waals surface area contributed by atoms with Crippen molar-refractivity contribution in [3.05, 3.63) is 77.5 Å². The van der Waals surface area contributed by atoms with Gasteiger partial charge in [0.05, 0.1) is 19.8 Å². The highest BCUT2D eigenvalue weighted by Crippen LogP contribution is 2.27. The molecule has 1 saturated heterocycles. The lowest BCUT2D eigenvalue weighted by atomic mass is 10.1. The van der Waals surface area contributed by atoms with Crippen LogP contribution < -0.4 is 24.6 Å². The van der Waals surface area contributed by atoms with Gasteiger partial charge in [-0.05, 0) is 60.5 Å². The zero-order chi connectivity index (χ0) is 27.1. The van der Waals surface area contributed by atoms with Gasteiger partial charge in [0.25, 0.3) is 11.8 Å². The molecule has 1 aromatic heterocycles. The third-order valence-electron chi connectivity index (χ3n) is 6.68. The summed E-state index contributed by atoms with van der Waals surface area (Å²) < 4.78 is 10.7. The number of pyridine rings is 1. The summed E-state index contributed by atoms with van der Waals surface area (Å²) in [6.07, 6.45) is 2.34. The van der Waals surface area contributed by atoms with E-state index in [0.717, 1.165) is 11.3 Å². The minimum Gasteiger partial charge on any atom is -0.493 e. The van der Waals surface area contributed by atoms with Crippen molar-refractivity contribution in [2.75, 3.05) is 70.8 Å². The Hall–Kier alpha value is -4.27. The largest absolute Gasteiger partial charge is 0.493 e. The number of nitrogens with zero attached hydrogens (tertiary/aromatic N) is 4. The van der Waals surface area contributed by atoms with Crippen molar-refractivity contribution in [3.63, 3.8) is 0 Å². The van der Waals surface area contributed by atoms with Crippen LogP contribution in [0.15, 0.2) is 60.8 Å². The van der Waals surface area contributed by atoms with Crippen LogP contribution in [0.3, 0.4) is 0 Å². The van der Waals surface area contributed by atoms with Gasteiger partial charge in [0.2, 0.25) is 0 Å². The SMILES string of the molecule is COc1ccc(CCNC(=O)c2cccnc2N2CCN(C(=O)c3ccc(N(C)C)cc3)CC2)cc1OC. The van der Waals surface area contributed by atoms with Gasteiger partial charge in [-0.3, -0.25) is 9.59 Å². The predicted molar refractivity (Wildman–Crippen MR) is 149 cm³/mol. The molecule has 2 amide bonds. The average Bonchev–Trinajstić information content (AvgIpc) is 2.96. The van der Waals surface area contributed by atoms with Crippen LogP contribution >= 0.6 is 0 Å². The summed E-state index contributed by atoms with van der Waals surface area (Å²) in [6, 6.07) is 16.9. The summed E-state index contributed by atoms with van der Waals surface area (Å²) >= 11 is 0. The monoisotopic (exact) mass is 517 g/mol. The van der Waals surface area contributed by atoms with Crippen LogP contribution in [0, 0.1) is 0 Å². The highest BCUT2D eigenvalue weighted by molar-refractivity contribution is 5.99. The number of nitrogens with one attached hydrogen (secondary N) is 1. The number of hydrogen-bond donors (Lipinski definition) is 1. The Bertz CT molecular complexity index is 1250. The Labute approximate surface area is 224 Å². The molecule has 0 radical (unpaired) electrons. The standard InChI is InChI=1S/C29H35N5O4/c1-32(2)23-10-8-22(9-11-23)29(36)34-18-16-33(17-19-34)27-24(6-5-14-30-27)28(35)31-15-13-21-7-12-25(37-3)26(20-21)38-4/h5-12,14,20H,13,15-19H2,1-4H3,(H,31,35). The quantitative estimate of drug-likeness (QED) is 0.467. The minimum atomic E-state index is -0.173. The van der Waals surface area contributed by atoms with Gasteiger partial charge in [0.15, 0.2) is 11.5 Å². The fourth-order valence-electron chi connectivity index (χ4n) is 4.48. The van der Waals surface area contributed by atoms with E-state index in [2.05, 4.69) is 15.2 Å². The first-order valence-electron chi connectivity index (χ1n) is 12.7. The van der Waals surface area contributed by atoms with Crippen LogP contribution in [0.25, 0.3) is 0 Å². The van der Waals surface area contributed by atoms with E-state index in [4.69, 9.17) is 9.47 Å². The van der Waals surface area contributed by atoms with Crippen molar-refractivity contribution in [2.45, 2.75) is 6.42 Å². The Morgan fingerprint density at radius 3 is 2.32 bits per heavy atom. The smallest absolute Gasteiger partial charge is 0.255 e. The summed E-state index contributed by atoms with van der Waals surface area (Å²) in [5.41, 5.74) is 3.29. The molecule has 2 heterocycles. The lowest BCUT2D eigenvalue weighted by Crippen LogP contribution is -2.49. The van der Waals surface area contributed by atoms with Gasteiger partial charge >= 0.3 is 0 Å². The van der Waals surface area contributed by atoms with E-state index in [0.29, 0.717) is 67.6 Å². The van der Waals surface area contributed by atoms with E-state index in [1.54, 1.807) is 32.5 Å². The van der Waals surface area contributed by atoms with Crippen molar-refractivity contribution < 1.29 is 19.1 Å². The number of hydrogen-bond acceptors (Lipinski definition) is 7. The number of benzene rings is 2. The molecule has 1 N–H and O–H groups in total. The molecule has 9 heteroatoms. The van der Waals surface area contributed by atoms with E-state index in [9.17, 15) is 9.59 Å². The fourth-order valence-corrected chi connectivity index (χ4v) is 4.48. The van der Waals surface area contributed by atoms with Crippen molar-refractivity contribution >= 4 is 23.3 Å². The number of aromatic nitrogens is 1. The van der Waals surface area contributed by atoms with E-state index in [-0.39, 0.29) is 11.8 Å². The molecule has 0 spiro atoms. The van der Waals surface area contributed by atoms with Gasteiger partial charge in [-0.1, -0.05) is 6.07 Å². The Morgan fingerprint density at radius 1 is 0.947 bits per heavy atom. The molecule has 0 atom stereocenters. The molecule has 3 aromatic rings. The minimum absolute atomic E-state index is 0.0177. The van der Waals surface area contributed by atoms with Crippen LogP contribution in [0.5, 0.6) is 11.5 Å². The molecule has 1 aliphatic heterocycles. The Morgan fingerprint density at radius 2 is 1.66 bits per heavy atom. The zero-order valence-corrected chi connectivity index (χ0v) is 22.4. The van der Waals surface area contributed by atoms with Gasteiger partial charge in [-0.2, -0.15) is 0 Å². The molecule has 0 unspecified atom stereocenters. The van der Waals surface area contributed by atoms with Crippen LogP contribution in [-0.2, 0) is 6.42 Å². The number of carbonyl (C=O) groups excluding carboxylic acids is 2. The van der Waals surface area contributed by atoms with Crippen molar-refractivity contribution in [2.24, 2.45) is 0 Å². The zero-order valence-electron chi connectivity index (χ0n) is 22.4. The molecule has 2 aromatic carbocycles. The fraction of sp³-hybridized carbons (Fsp3) is 0.345. The molecular formula is C29H35N5O4. The van der Waals surface area contributed by atoms with E-state index in [1.807, 2.05) is 66.4 Å². The van der Waals surface area contributed by atoms with E-state index < -0.39 is 0 Å². The molecule has 1 fully saturated rings. The second-order valence-corrected chi connectivity index (χ2v) is 9.29. The van der Waals surface area contributed by atoms with E-state index >= 15 is 0 Å². The number of anilines is 2. The van der Waals surface area contributed by atoms with Crippen LogP contribution in [0.4, 0.5) is 11.5 Å². The molecule has 0 saturated carbocycles. The number of amides is 2. The number of methoxy groups -OCH3 is 2. The molecule has 1 aliphatic rings. The first kappa shape index (κ1) is 26.8. The van der Waals surface area contributed by atoms with Crippen molar-refractivity contribution in [3.8, 4) is 11.5 Å². The van der Waals surface area contributed by atoms with Crippen LogP contribution in [0.1, 0.15) is 26.3 Å². The van der Waals surface area contributed by atoms with Gasteiger partial charge in [0, 0.05) is 64.3 Å². The predicted octanol–water partition coefficient (Wildman–Crippen LogP) is 3.10. The van der Waals surface area contributed by atoms with Crippen LogP contribution in [-0.4, -0.2) is 82.7 Å². The third-order valence-corrected chi connectivity index (χ3v) is 6.68. The number of ether oxygens (including phenoxy) is 2. The van der Waals surface area contributed by atoms with Gasteiger partial charge in [-0.15, -0.1) is 0 Å². The topological polar surface area (TPSA) is 87.2 Å². The van der Waals surface area contributed by atoms with Gasteiger partial charge < -0.3 is 29.5 Å². The molecular weight excluding hydrogens is 482 g/mol. The van der Waals surface area contributed by atoms with Crippen LogP contribution in [0.2, 0.25) is 0 Å². The third kappa shape index (κ3) is 6.16. The summed E-state index contributed by atoms with van der Waals surface area (Å²) in [4.78, 5) is 36.5. The second kappa shape index (κ2) is 12.3. The molecule has 9 nitrogen and oxygen atoms in total. The maximum absolute atomic E-state index is 13.1. The lowest BCUT2D eigenvalue weighted by molar-refractivity contribution is 0.0745. The highest BCUT2D eigenvalue weighted by Gasteiger charge is 2.25. The number of carbonyl (C=O) groups is 2. The second-order valence-electron chi connectivity index (χ2n) is 9.29. The summed E-state index contributed by atoms with van der Waals surface area (Å²) in [7, 11) is 7.15. The normalized spacial score (nSPS) is 13.2. The average molecular weight is 518 g/mol. The van der Waals surface area contributed by atoms with Crippen molar-refractivity contribution in [1.29, 1.82) is 0 Å². The molecule has 38 heavy (non-hydrogen) atoms. The number of rotatable bonds is 9. The summed E-state index contributed by atoms with van der Waals surface area (Å²) in [5.74, 6) is 1.81. The molecule has 4 rings (SSSR count). The molecule has 200 valence electrons. The van der Waals surface area contributed by atoms with E-state index in [1.165, 1.54) is 0 Å². The lowest BCUT2D eigenvalue weighted by Gasteiger charge is -2.36. The van der Waals surface area contributed by atoms with Gasteiger partial charge in [0.1, 0.15) is 5.82 Å². The first-order chi connectivity index (χ1) is 18.4. The Balaban J connectivity index is 1.34. The maximum Gasteiger partial charge on any atom is 0.255 e. The highest BCUT2D eigenvalue weighted by atomic mass is 16.5. The number of piperazine rings is 1. The maximum atomic E-state index is 13.1. The molecule has 0 aliphatic carbocycles. The van der Waals surface area contributed by atoms with Crippen molar-refractivity contribution in [1.82, 2.24) is 15.2 Å². The Kier molecular flexibility index (Phi) is 8.68. The molecule has 0 bridgehead atoms.